The van der Waals surface area contributed by atoms with Crippen LogP contribution >= 0.6 is 11.8 Å². The van der Waals surface area contributed by atoms with Crippen LogP contribution in [0.3, 0.4) is 0 Å². The molecule has 1 aromatic rings. The zero-order chi connectivity index (χ0) is 6.53. The van der Waals surface area contributed by atoms with Crippen LogP contribution in [-0.2, 0) is 0 Å². The molecule has 0 aliphatic rings. The summed E-state index contributed by atoms with van der Waals surface area (Å²) in [5.41, 5.74) is 2.61. The SMILES string of the molecule is C=C=CSc1cn[nH]n1. The Kier molecular flexibility index (Phi) is 2.13. The Hall–Kier alpha value is -0.990. The number of nitrogens with one attached hydrogen (secondary N) is 1. The molecule has 0 fully saturated rings. The lowest BCUT2D eigenvalue weighted by Crippen LogP contribution is -1.66. The molecule has 0 aliphatic carbocycles. The van der Waals surface area contributed by atoms with Crippen molar-refractivity contribution in [3.63, 3.8) is 0 Å². The predicted molar refractivity (Wildman–Crippen MR) is 35.9 cm³/mol. The third-order valence-electron chi connectivity index (χ3n) is 0.656. The molecule has 0 atom stereocenters. The molecule has 0 aliphatic heterocycles. The summed E-state index contributed by atoms with van der Waals surface area (Å²) < 4.78 is 0. The van der Waals surface area contributed by atoms with Crippen LogP contribution in [0.15, 0.2) is 28.9 Å². The van der Waals surface area contributed by atoms with Gasteiger partial charge in [0.1, 0.15) is 5.03 Å². The first kappa shape index (κ1) is 6.13. The van der Waals surface area contributed by atoms with E-state index in [4.69, 9.17) is 0 Å². The number of hydrogen-bond donors (Lipinski definition) is 1. The summed E-state index contributed by atoms with van der Waals surface area (Å²) in [6.07, 6.45) is 1.64. The Balaban J connectivity index is 2.57. The highest BCUT2D eigenvalue weighted by Crippen LogP contribution is 2.11. The minimum absolute atomic E-state index is 0.825. The van der Waals surface area contributed by atoms with E-state index in [2.05, 4.69) is 27.7 Å². The van der Waals surface area contributed by atoms with E-state index in [0.717, 1.165) is 5.03 Å². The molecular formula is C5H5N3S. The van der Waals surface area contributed by atoms with Crippen LogP contribution in [0.1, 0.15) is 0 Å². The van der Waals surface area contributed by atoms with Crippen LogP contribution in [0.2, 0.25) is 0 Å². The highest BCUT2D eigenvalue weighted by atomic mass is 32.2. The second-order valence-electron chi connectivity index (χ2n) is 1.25. The second-order valence-corrected chi connectivity index (χ2v) is 2.14. The van der Waals surface area contributed by atoms with E-state index in [1.807, 2.05) is 0 Å². The Morgan fingerprint density at radius 1 is 1.89 bits per heavy atom. The van der Waals surface area contributed by atoms with Crippen LogP contribution in [0.4, 0.5) is 0 Å². The monoisotopic (exact) mass is 139 g/mol. The normalized spacial score (nSPS) is 8.44. The molecule has 4 heteroatoms. The average Bonchev–Trinajstić information content (AvgIpc) is 2.34. The fourth-order valence-corrected chi connectivity index (χ4v) is 0.761. The smallest absolute Gasteiger partial charge is 0.143 e. The summed E-state index contributed by atoms with van der Waals surface area (Å²) in [6.45, 7) is 3.40. The summed E-state index contributed by atoms with van der Waals surface area (Å²) in [5.74, 6) is 0. The fraction of sp³-hybridized carbons (Fsp3) is 0. The van der Waals surface area contributed by atoms with Crippen LogP contribution in [0.25, 0.3) is 0 Å². The molecule has 0 saturated carbocycles. The van der Waals surface area contributed by atoms with Crippen molar-refractivity contribution in [3.05, 3.63) is 23.9 Å². The van der Waals surface area contributed by atoms with Gasteiger partial charge in [0.25, 0.3) is 0 Å². The standard InChI is InChI=1S/C5H5N3S/c1-2-3-9-5-4-6-8-7-5/h3-4H,1H2,(H,6,7,8). The zero-order valence-corrected chi connectivity index (χ0v) is 5.48. The van der Waals surface area contributed by atoms with Crippen molar-refractivity contribution in [2.75, 3.05) is 0 Å². The van der Waals surface area contributed by atoms with Crippen molar-refractivity contribution in [3.8, 4) is 0 Å². The average molecular weight is 139 g/mol. The predicted octanol–water partition coefficient (Wildman–Crippen LogP) is 1.20. The van der Waals surface area contributed by atoms with Gasteiger partial charge in [-0.1, -0.05) is 18.3 Å². The number of nitrogens with zero attached hydrogens (tertiary/aromatic N) is 2. The first-order chi connectivity index (χ1) is 4.43. The Bertz CT molecular complexity index is 210. The van der Waals surface area contributed by atoms with Gasteiger partial charge in [-0.3, -0.25) is 0 Å². The van der Waals surface area contributed by atoms with E-state index in [1.165, 1.54) is 11.8 Å². The number of hydrogen-bond acceptors (Lipinski definition) is 3. The van der Waals surface area contributed by atoms with Gasteiger partial charge in [-0.2, -0.15) is 10.3 Å². The first-order valence-corrected chi connectivity index (χ1v) is 3.18. The van der Waals surface area contributed by atoms with Gasteiger partial charge in [0, 0.05) is 5.41 Å². The minimum atomic E-state index is 0.825. The van der Waals surface area contributed by atoms with Crippen molar-refractivity contribution in [1.82, 2.24) is 15.4 Å². The summed E-state index contributed by atoms with van der Waals surface area (Å²) >= 11 is 1.42. The summed E-state index contributed by atoms with van der Waals surface area (Å²) in [4.78, 5) is 0. The molecule has 1 rings (SSSR count). The quantitative estimate of drug-likeness (QED) is 0.494. The van der Waals surface area contributed by atoms with Crippen LogP contribution in [0.5, 0.6) is 0 Å². The van der Waals surface area contributed by atoms with E-state index in [9.17, 15) is 0 Å². The van der Waals surface area contributed by atoms with E-state index in [-0.39, 0.29) is 0 Å². The Morgan fingerprint density at radius 2 is 2.78 bits per heavy atom. The van der Waals surface area contributed by atoms with Crippen molar-refractivity contribution in [2.45, 2.75) is 5.03 Å². The topological polar surface area (TPSA) is 41.6 Å². The lowest BCUT2D eigenvalue weighted by molar-refractivity contribution is 0.912. The molecule has 9 heavy (non-hydrogen) atoms. The Labute approximate surface area is 56.9 Å². The lowest BCUT2D eigenvalue weighted by atomic mass is 10.9. The van der Waals surface area contributed by atoms with E-state index >= 15 is 0 Å². The van der Waals surface area contributed by atoms with Gasteiger partial charge in [-0.15, -0.1) is 10.8 Å². The molecule has 1 aromatic heterocycles. The maximum Gasteiger partial charge on any atom is 0.143 e. The minimum Gasteiger partial charge on any atom is -0.197 e. The molecular weight excluding hydrogens is 134 g/mol. The van der Waals surface area contributed by atoms with Crippen molar-refractivity contribution in [1.29, 1.82) is 0 Å². The third kappa shape index (κ3) is 1.76. The molecule has 46 valence electrons. The van der Waals surface area contributed by atoms with Gasteiger partial charge in [0.15, 0.2) is 0 Å². The second kappa shape index (κ2) is 3.12. The largest absolute Gasteiger partial charge is 0.197 e. The van der Waals surface area contributed by atoms with Crippen LogP contribution in [-0.4, -0.2) is 15.4 Å². The van der Waals surface area contributed by atoms with E-state index < -0.39 is 0 Å². The number of rotatable bonds is 2. The van der Waals surface area contributed by atoms with Crippen molar-refractivity contribution in [2.24, 2.45) is 0 Å². The summed E-state index contributed by atoms with van der Waals surface area (Å²) in [6, 6.07) is 0. The van der Waals surface area contributed by atoms with E-state index in [1.54, 1.807) is 11.6 Å². The Morgan fingerprint density at radius 3 is 3.33 bits per heavy atom. The molecule has 1 heterocycles. The molecule has 0 aromatic carbocycles. The highest BCUT2D eigenvalue weighted by Gasteiger charge is 1.88. The lowest BCUT2D eigenvalue weighted by Gasteiger charge is -1.77. The molecule has 0 amide bonds. The first-order valence-electron chi connectivity index (χ1n) is 2.30. The highest BCUT2D eigenvalue weighted by molar-refractivity contribution is 8.02. The molecule has 0 radical (unpaired) electrons. The van der Waals surface area contributed by atoms with Gasteiger partial charge in [-0.05, 0) is 0 Å². The van der Waals surface area contributed by atoms with Crippen molar-refractivity contribution >= 4 is 11.8 Å². The molecule has 0 bridgehead atoms. The van der Waals surface area contributed by atoms with Crippen LogP contribution in [0, 0.1) is 0 Å². The van der Waals surface area contributed by atoms with Crippen molar-refractivity contribution < 1.29 is 0 Å². The van der Waals surface area contributed by atoms with Gasteiger partial charge >= 0.3 is 0 Å². The number of aromatic amines is 1. The number of thioether (sulfide) groups is 1. The maximum atomic E-state index is 3.78. The fourth-order valence-electron chi connectivity index (χ4n) is 0.350. The molecule has 0 spiro atoms. The summed E-state index contributed by atoms with van der Waals surface area (Å²) in [5, 5.41) is 12.4. The molecule has 3 nitrogen and oxygen atoms in total. The van der Waals surface area contributed by atoms with Gasteiger partial charge in [-0.25, -0.2) is 0 Å². The number of H-pyrrole nitrogens is 1. The summed E-state index contributed by atoms with van der Waals surface area (Å²) in [7, 11) is 0. The molecule has 1 N–H and O–H groups in total. The zero-order valence-electron chi connectivity index (χ0n) is 4.66. The van der Waals surface area contributed by atoms with Gasteiger partial charge in [0.2, 0.25) is 0 Å². The molecule has 0 unspecified atom stereocenters. The number of aromatic nitrogens is 3. The van der Waals surface area contributed by atoms with Gasteiger partial charge < -0.3 is 0 Å². The van der Waals surface area contributed by atoms with Gasteiger partial charge in [0.05, 0.1) is 6.20 Å². The maximum absolute atomic E-state index is 3.78. The molecule has 0 saturated heterocycles. The van der Waals surface area contributed by atoms with Crippen LogP contribution < -0.4 is 0 Å². The third-order valence-corrected chi connectivity index (χ3v) is 1.38. The van der Waals surface area contributed by atoms with E-state index in [0.29, 0.717) is 0 Å².